The second-order valence-corrected chi connectivity index (χ2v) is 2.71. The number of primary amides is 1. The van der Waals surface area contributed by atoms with Gasteiger partial charge in [0.15, 0.2) is 5.25 Å². The summed E-state index contributed by atoms with van der Waals surface area (Å²) < 4.78 is 0. The summed E-state index contributed by atoms with van der Waals surface area (Å²) in [7, 11) is 0. The normalized spacial score (nSPS) is 12.2. The molecular weight excluding hydrogens is 196 g/mol. The van der Waals surface area contributed by atoms with Crippen molar-refractivity contribution in [1.29, 1.82) is 0 Å². The first-order valence-electron chi connectivity index (χ1n) is 3.21. The molecule has 0 saturated carbocycles. The highest BCUT2D eigenvalue weighted by atomic mass is 32.1. The van der Waals surface area contributed by atoms with E-state index in [-0.39, 0.29) is 0 Å². The molecule has 0 aliphatic carbocycles. The van der Waals surface area contributed by atoms with E-state index in [9.17, 15) is 14.4 Å². The molecule has 13 heavy (non-hydrogen) atoms. The number of thiol groups is 1. The van der Waals surface area contributed by atoms with E-state index in [0.717, 1.165) is 6.92 Å². The van der Waals surface area contributed by atoms with E-state index < -0.39 is 29.1 Å². The highest BCUT2D eigenvalue weighted by Crippen LogP contribution is 2.11. The monoisotopic (exact) mass is 205 g/mol. The van der Waals surface area contributed by atoms with Gasteiger partial charge in [0.2, 0.25) is 11.8 Å². The molecule has 0 aliphatic rings. The van der Waals surface area contributed by atoms with E-state index in [0.29, 0.717) is 0 Å². The number of rotatable bonds is 4. The highest BCUT2D eigenvalue weighted by molar-refractivity contribution is 7.84. The molecule has 6 nitrogen and oxygen atoms in total. The van der Waals surface area contributed by atoms with E-state index in [1.807, 2.05) is 0 Å². The summed E-state index contributed by atoms with van der Waals surface area (Å²) in [5.74, 6) is -2.93. The number of aliphatic carboxylic acids is 1. The molecule has 1 unspecified atom stereocenters. The van der Waals surface area contributed by atoms with E-state index in [1.165, 1.54) is 0 Å². The zero-order valence-corrected chi connectivity index (χ0v) is 7.67. The average molecular weight is 205 g/mol. The maximum absolute atomic E-state index is 10.7. The first-order chi connectivity index (χ1) is 5.86. The molecule has 0 spiro atoms. The Morgan fingerprint density at radius 1 is 1.46 bits per heavy atom. The summed E-state index contributed by atoms with van der Waals surface area (Å²) in [6, 6.07) is -1.38. The number of hydrogen-bond donors (Lipinski definition) is 4. The Morgan fingerprint density at radius 3 is 2.15 bits per heavy atom. The summed E-state index contributed by atoms with van der Waals surface area (Å²) >= 11 is 3.54. The Morgan fingerprint density at radius 2 is 1.92 bits per heavy atom. The first kappa shape index (κ1) is 11.8. The van der Waals surface area contributed by atoms with E-state index in [4.69, 9.17) is 10.8 Å². The summed E-state index contributed by atoms with van der Waals surface area (Å²) in [6.07, 6.45) is 0. The minimum atomic E-state index is -1.40. The number of hydrogen-bond acceptors (Lipinski definition) is 4. The number of carboxylic acids is 1. The maximum atomic E-state index is 10.7. The van der Waals surface area contributed by atoms with Crippen molar-refractivity contribution in [3.05, 3.63) is 5.25 Å². The first-order valence-corrected chi connectivity index (χ1v) is 3.66. The Bertz CT molecular complexity index is 243. The van der Waals surface area contributed by atoms with Crippen LogP contribution in [-0.2, 0) is 14.4 Å². The molecule has 1 atom stereocenters. The van der Waals surface area contributed by atoms with Gasteiger partial charge < -0.3 is 16.2 Å². The lowest BCUT2D eigenvalue weighted by atomic mass is 10.2. The largest absolute Gasteiger partial charge is 0.480 e. The molecule has 4 N–H and O–H groups in total. The van der Waals surface area contributed by atoms with Gasteiger partial charge in [0.25, 0.3) is 0 Å². The van der Waals surface area contributed by atoms with Crippen molar-refractivity contribution >= 4 is 30.4 Å². The minimum absolute atomic E-state index is 0.511. The van der Waals surface area contributed by atoms with Gasteiger partial charge in [0, 0.05) is 6.92 Å². The Kier molecular flexibility index (Phi) is 4.26. The third-order valence-electron chi connectivity index (χ3n) is 1.12. The highest BCUT2D eigenvalue weighted by Gasteiger charge is 2.30. The van der Waals surface area contributed by atoms with Gasteiger partial charge in [0.05, 0.1) is 0 Å². The predicted molar refractivity (Wildman–Crippen MR) is 46.7 cm³/mol. The van der Waals surface area contributed by atoms with Gasteiger partial charge in [-0.1, -0.05) is 0 Å². The number of carboxylic acid groups (broad SMARTS) is 1. The summed E-state index contributed by atoms with van der Waals surface area (Å²) in [5, 5.41) is 9.98. The molecule has 0 aromatic heterocycles. The SMILES string of the molecule is CC(=O)NC([C](S)C(=O)O)C(N)=O. The van der Waals surface area contributed by atoms with Crippen LogP contribution in [0.2, 0.25) is 0 Å². The number of nitrogens with two attached hydrogens (primary N) is 1. The quantitative estimate of drug-likeness (QED) is 0.420. The molecule has 0 heterocycles. The molecule has 0 bridgehead atoms. The van der Waals surface area contributed by atoms with Crippen molar-refractivity contribution in [3.63, 3.8) is 0 Å². The smallest absolute Gasteiger partial charge is 0.324 e. The van der Waals surface area contributed by atoms with Crippen LogP contribution >= 0.6 is 12.6 Å². The van der Waals surface area contributed by atoms with Gasteiger partial charge in [-0.2, -0.15) is 12.6 Å². The van der Waals surface area contributed by atoms with Gasteiger partial charge in [-0.3, -0.25) is 14.4 Å². The van der Waals surface area contributed by atoms with Crippen molar-refractivity contribution in [1.82, 2.24) is 5.32 Å². The fraction of sp³-hybridized carbons (Fsp3) is 0.333. The Labute approximate surface area is 79.9 Å². The maximum Gasteiger partial charge on any atom is 0.324 e. The van der Waals surface area contributed by atoms with Gasteiger partial charge in [-0.25, -0.2) is 0 Å². The van der Waals surface area contributed by atoms with E-state index in [2.05, 4.69) is 17.9 Å². The van der Waals surface area contributed by atoms with Crippen LogP contribution in [0, 0.1) is 5.25 Å². The van der Waals surface area contributed by atoms with Crippen LogP contribution in [0.3, 0.4) is 0 Å². The molecule has 0 aromatic carbocycles. The fourth-order valence-corrected chi connectivity index (χ4v) is 0.793. The number of carbonyl (C=O) groups excluding carboxylic acids is 2. The lowest BCUT2D eigenvalue weighted by molar-refractivity contribution is -0.136. The van der Waals surface area contributed by atoms with Crippen molar-refractivity contribution < 1.29 is 19.5 Å². The zero-order chi connectivity index (χ0) is 10.6. The summed E-state index contributed by atoms with van der Waals surface area (Å²) in [4.78, 5) is 31.5. The zero-order valence-electron chi connectivity index (χ0n) is 6.77. The van der Waals surface area contributed by atoms with E-state index in [1.54, 1.807) is 0 Å². The Hall–Kier alpha value is -1.24. The molecule has 0 aromatic rings. The second-order valence-electron chi connectivity index (χ2n) is 2.23. The van der Waals surface area contributed by atoms with E-state index >= 15 is 0 Å². The third-order valence-corrected chi connectivity index (χ3v) is 1.57. The molecular formula is C6H9N2O4S. The topological polar surface area (TPSA) is 109 Å². The predicted octanol–water partition coefficient (Wildman–Crippen LogP) is -1.48. The van der Waals surface area contributed by atoms with Crippen LogP contribution < -0.4 is 11.1 Å². The van der Waals surface area contributed by atoms with Crippen LogP contribution in [0.5, 0.6) is 0 Å². The van der Waals surface area contributed by atoms with Gasteiger partial charge in [0.1, 0.15) is 6.04 Å². The van der Waals surface area contributed by atoms with Gasteiger partial charge in [-0.05, 0) is 0 Å². The van der Waals surface area contributed by atoms with Gasteiger partial charge in [-0.15, -0.1) is 0 Å². The molecule has 7 heteroatoms. The average Bonchev–Trinajstić information content (AvgIpc) is 1.97. The fourth-order valence-electron chi connectivity index (χ4n) is 0.601. The number of nitrogens with one attached hydrogen (secondary N) is 1. The van der Waals surface area contributed by atoms with Crippen LogP contribution in [0.25, 0.3) is 0 Å². The van der Waals surface area contributed by atoms with Crippen LogP contribution in [0.4, 0.5) is 0 Å². The lowest BCUT2D eigenvalue weighted by Gasteiger charge is -2.16. The van der Waals surface area contributed by atoms with Crippen molar-refractivity contribution in [2.75, 3.05) is 0 Å². The van der Waals surface area contributed by atoms with Crippen molar-refractivity contribution in [3.8, 4) is 0 Å². The van der Waals surface area contributed by atoms with Crippen LogP contribution in [0.1, 0.15) is 6.92 Å². The van der Waals surface area contributed by atoms with Gasteiger partial charge >= 0.3 is 5.97 Å². The van der Waals surface area contributed by atoms with Crippen LogP contribution in [-0.4, -0.2) is 28.9 Å². The van der Waals surface area contributed by atoms with Crippen molar-refractivity contribution in [2.45, 2.75) is 13.0 Å². The molecule has 0 rings (SSSR count). The number of carbonyl (C=O) groups is 3. The lowest BCUT2D eigenvalue weighted by Crippen LogP contribution is -2.48. The summed E-state index contributed by atoms with van der Waals surface area (Å²) in [5.41, 5.74) is 4.84. The van der Waals surface area contributed by atoms with Crippen molar-refractivity contribution in [2.24, 2.45) is 5.73 Å². The summed E-state index contributed by atoms with van der Waals surface area (Å²) in [6.45, 7) is 1.14. The standard InChI is InChI=1S/C6H9N2O4S/c1-2(9)8-3(5(7)10)4(13)6(11)12/h3,13H,1H3,(H2,7,10)(H,8,9)(H,11,12). The van der Waals surface area contributed by atoms with Crippen LogP contribution in [0.15, 0.2) is 0 Å². The Balaban J connectivity index is 4.51. The molecule has 0 saturated heterocycles. The third kappa shape index (κ3) is 3.79. The number of amides is 2. The molecule has 73 valence electrons. The second kappa shape index (κ2) is 4.70. The minimum Gasteiger partial charge on any atom is -0.480 e. The molecule has 0 fully saturated rings. The molecule has 2 amide bonds. The molecule has 1 radical (unpaired) electrons. The molecule has 0 aliphatic heterocycles.